The fourth-order valence-corrected chi connectivity index (χ4v) is 0.301. The molecule has 0 spiro atoms. The Morgan fingerprint density at radius 3 is 2.00 bits per heavy atom. The fraction of sp³-hybridized carbons (Fsp3) is 0.500. The number of hydrogen-bond acceptors (Lipinski definition) is 5. The van der Waals surface area contributed by atoms with E-state index in [1.807, 2.05) is 0 Å². The molecule has 4 nitrogen and oxygen atoms in total. The molecule has 0 fully saturated rings. The van der Waals surface area contributed by atoms with E-state index < -0.39 is 17.6 Å². The van der Waals surface area contributed by atoms with Crippen molar-refractivity contribution >= 4 is 23.2 Å². The van der Waals surface area contributed by atoms with E-state index in [1.165, 1.54) is 0 Å². The monoisotopic (exact) mass is 162 g/mol. The average Bonchev–Trinajstić information content (AvgIpc) is 1.63. The molecular weight excluding hydrogens is 158 g/mol. The Bertz CT molecular complexity index is 115. The molecule has 0 aliphatic rings. The predicted octanol–water partition coefficient (Wildman–Crippen LogP) is -8.55. The summed E-state index contributed by atoms with van der Waals surface area (Å²) in [5, 5.41) is 18.9. The van der Waals surface area contributed by atoms with Crippen molar-refractivity contribution in [3.05, 3.63) is 0 Å². The van der Waals surface area contributed by atoms with E-state index in [2.05, 4.69) is 17.0 Å². The number of carbonyl (C=O) groups excluding carboxylic acids is 1. The summed E-state index contributed by atoms with van der Waals surface area (Å²) >= 11 is 4.05. The Hall–Kier alpha value is 0.515. The van der Waals surface area contributed by atoms with Gasteiger partial charge in [0.1, 0.15) is 0 Å². The molecule has 0 radical (unpaired) electrons. The van der Waals surface area contributed by atoms with Crippen LogP contribution in [0.5, 0.6) is 0 Å². The van der Waals surface area contributed by atoms with Crippen molar-refractivity contribution in [3.8, 4) is 0 Å². The number of aliphatic carboxylic acids is 1. The van der Waals surface area contributed by atoms with Crippen molar-refractivity contribution in [2.45, 2.75) is 0 Å². The summed E-state index contributed by atoms with van der Waals surface area (Å²) in [5.74, 6) is -1.36. The van der Waals surface area contributed by atoms with Crippen LogP contribution in [-0.4, -0.2) is 24.2 Å². The van der Waals surface area contributed by atoms with E-state index in [0.717, 1.165) is 0 Å². The zero-order valence-electron chi connectivity index (χ0n) is 6.46. The molecule has 0 amide bonds. The topological polar surface area (TPSA) is 72.4 Å². The van der Waals surface area contributed by atoms with Gasteiger partial charge in [0.15, 0.2) is 0 Å². The molecule has 0 aliphatic heterocycles. The predicted molar refractivity (Wildman–Crippen MR) is 28.4 cm³/mol. The number of ether oxygens (including phenoxy) is 1. The summed E-state index contributed by atoms with van der Waals surface area (Å²) in [7, 11) is 0. The van der Waals surface area contributed by atoms with Crippen LogP contribution in [-0.2, 0) is 9.53 Å². The zero-order chi connectivity index (χ0) is 7.28. The second-order valence-electron chi connectivity index (χ2n) is 1.24. The van der Waals surface area contributed by atoms with Gasteiger partial charge in [0.25, 0.3) is 0 Å². The number of carboxylic acid groups (broad SMARTS) is 1. The van der Waals surface area contributed by atoms with Gasteiger partial charge >= 0.3 is 37.7 Å². The smallest absolute Gasteiger partial charge is 0.866 e. The van der Waals surface area contributed by atoms with Crippen molar-refractivity contribution in [2.75, 3.05) is 13.2 Å². The van der Waals surface area contributed by atoms with Gasteiger partial charge in [0, 0.05) is 0 Å². The third-order valence-corrected chi connectivity index (χ3v) is 0.558. The minimum absolute atomic E-state index is 0. The van der Waals surface area contributed by atoms with Gasteiger partial charge in [-0.25, -0.2) is 0 Å². The van der Waals surface area contributed by atoms with Crippen LogP contribution in [0.3, 0.4) is 0 Å². The standard InChI is InChI=1S/C4H6O4S.2Li/c5-3(6)1-8-2-4(7)9;;/h1-2H2,(H,5,6)(H,7,9);;/q;2*+1/p-2. The summed E-state index contributed by atoms with van der Waals surface area (Å²) in [6.07, 6.45) is 0. The molecule has 0 rings (SSSR count). The Morgan fingerprint density at radius 1 is 1.27 bits per heavy atom. The van der Waals surface area contributed by atoms with Crippen LogP contribution in [0.4, 0.5) is 0 Å². The van der Waals surface area contributed by atoms with Crippen LogP contribution in [0.15, 0.2) is 0 Å². The minimum atomic E-state index is -1.36. The van der Waals surface area contributed by atoms with Crippen LogP contribution in [0.2, 0.25) is 0 Å². The Kier molecular flexibility index (Phi) is 16.8. The summed E-state index contributed by atoms with van der Waals surface area (Å²) in [6, 6.07) is 0. The largest absolute Gasteiger partial charge is 1.00 e. The van der Waals surface area contributed by atoms with Crippen molar-refractivity contribution < 1.29 is 57.5 Å². The van der Waals surface area contributed by atoms with Crippen LogP contribution < -0.4 is 47.9 Å². The van der Waals surface area contributed by atoms with E-state index in [9.17, 15) is 15.0 Å². The summed E-state index contributed by atoms with van der Waals surface area (Å²) < 4.78 is 4.24. The Labute approximate surface area is 93.7 Å². The van der Waals surface area contributed by atoms with E-state index in [-0.39, 0.29) is 44.3 Å². The summed E-state index contributed by atoms with van der Waals surface area (Å²) in [4.78, 5) is 9.60. The molecule has 0 aliphatic carbocycles. The molecular formula is C4H4Li2O4S. The molecule has 0 atom stereocenters. The first-order chi connectivity index (χ1) is 4.13. The van der Waals surface area contributed by atoms with Crippen LogP contribution in [0.1, 0.15) is 0 Å². The molecule has 11 heavy (non-hydrogen) atoms. The van der Waals surface area contributed by atoms with Crippen LogP contribution in [0.25, 0.3) is 0 Å². The maximum Gasteiger partial charge on any atom is 1.00 e. The first-order valence-corrected chi connectivity index (χ1v) is 2.51. The Balaban J connectivity index is -0.000000320. The first-order valence-electron chi connectivity index (χ1n) is 2.10. The van der Waals surface area contributed by atoms with Crippen molar-refractivity contribution in [3.63, 3.8) is 0 Å². The normalized spacial score (nSPS) is 7.27. The van der Waals surface area contributed by atoms with Gasteiger partial charge < -0.3 is 19.7 Å². The maximum atomic E-state index is 9.90. The molecule has 0 unspecified atom stereocenters. The molecule has 0 saturated heterocycles. The second kappa shape index (κ2) is 10.5. The van der Waals surface area contributed by atoms with E-state index >= 15 is 0 Å². The number of carboxylic acids is 1. The Morgan fingerprint density at radius 2 is 1.73 bits per heavy atom. The molecule has 0 saturated carbocycles. The van der Waals surface area contributed by atoms with Crippen LogP contribution >= 0.6 is 12.2 Å². The van der Waals surface area contributed by atoms with Gasteiger partial charge in [-0.05, 0) is 5.05 Å². The number of rotatable bonds is 4. The molecule has 0 aromatic rings. The van der Waals surface area contributed by atoms with Crippen molar-refractivity contribution in [1.82, 2.24) is 0 Å². The summed E-state index contributed by atoms with van der Waals surface area (Å²) in [6.45, 7) is -0.925. The molecule has 7 heteroatoms. The van der Waals surface area contributed by atoms with E-state index in [0.29, 0.717) is 0 Å². The van der Waals surface area contributed by atoms with Gasteiger partial charge in [0.2, 0.25) is 0 Å². The van der Waals surface area contributed by atoms with Gasteiger partial charge in [0.05, 0.1) is 19.2 Å². The third-order valence-electron chi connectivity index (χ3n) is 0.440. The number of hydrogen-bond donors (Lipinski definition) is 0. The summed E-state index contributed by atoms with van der Waals surface area (Å²) in [5.41, 5.74) is 0. The fourth-order valence-electron chi connectivity index (χ4n) is 0.218. The van der Waals surface area contributed by atoms with E-state index in [1.54, 1.807) is 0 Å². The average molecular weight is 162 g/mol. The minimum Gasteiger partial charge on any atom is -0.866 e. The third kappa shape index (κ3) is 18.0. The van der Waals surface area contributed by atoms with Gasteiger partial charge in [-0.3, -0.25) is 0 Å². The SMILES string of the molecule is O=C([O-])COCC([O-])=S.[Li+].[Li+]. The molecule has 0 heterocycles. The second-order valence-corrected chi connectivity index (χ2v) is 1.69. The van der Waals surface area contributed by atoms with Gasteiger partial charge in [-0.2, -0.15) is 0 Å². The molecule has 0 aromatic heterocycles. The molecule has 0 N–H and O–H groups in total. The van der Waals surface area contributed by atoms with Crippen molar-refractivity contribution in [2.24, 2.45) is 0 Å². The first kappa shape index (κ1) is 17.6. The molecule has 0 bridgehead atoms. The number of thiocarbonyl (C=S) groups is 1. The quantitative estimate of drug-likeness (QED) is 0.303. The molecule has 52 valence electrons. The van der Waals surface area contributed by atoms with Crippen molar-refractivity contribution in [1.29, 1.82) is 0 Å². The van der Waals surface area contributed by atoms with E-state index in [4.69, 9.17) is 0 Å². The van der Waals surface area contributed by atoms with Crippen LogP contribution in [0, 0.1) is 0 Å². The molecule has 0 aromatic carbocycles. The zero-order valence-corrected chi connectivity index (χ0v) is 7.27. The van der Waals surface area contributed by atoms with Gasteiger partial charge in [-0.1, -0.05) is 0 Å². The maximum absolute atomic E-state index is 9.90. The van der Waals surface area contributed by atoms with Gasteiger partial charge in [-0.15, -0.1) is 12.2 Å². The number of carbonyl (C=O) groups is 1.